The molecule has 0 unspecified atom stereocenters. The quantitative estimate of drug-likeness (QED) is 0.906. The van der Waals surface area contributed by atoms with Gasteiger partial charge >= 0.3 is 0 Å². The summed E-state index contributed by atoms with van der Waals surface area (Å²) in [5.41, 5.74) is 0.992. The number of amides is 1. The van der Waals surface area contributed by atoms with Gasteiger partial charge in [0, 0.05) is 16.6 Å². The predicted molar refractivity (Wildman–Crippen MR) is 73.3 cm³/mol. The average molecular weight is 327 g/mol. The molecule has 2 rings (SSSR count). The molecule has 0 aliphatic carbocycles. The van der Waals surface area contributed by atoms with Crippen LogP contribution in [-0.2, 0) is 13.2 Å². The number of aliphatic hydroxyl groups is 1. The monoisotopic (exact) mass is 326 g/mol. The number of aromatic nitrogens is 1. The second-order valence-electron chi connectivity index (χ2n) is 3.58. The molecule has 2 N–H and O–H groups in total. The van der Waals surface area contributed by atoms with E-state index in [2.05, 4.69) is 26.2 Å². The maximum atomic E-state index is 11.9. The summed E-state index contributed by atoms with van der Waals surface area (Å²) in [6, 6.07) is 7.11. The first-order valence-corrected chi connectivity index (χ1v) is 6.88. The Labute approximate surface area is 117 Å². The summed E-state index contributed by atoms with van der Waals surface area (Å²) < 4.78 is 1.04. The highest BCUT2D eigenvalue weighted by Crippen LogP contribution is 2.21. The summed E-state index contributed by atoms with van der Waals surface area (Å²) >= 11 is 4.95. The molecule has 0 fully saturated rings. The van der Waals surface area contributed by atoms with Crippen molar-refractivity contribution in [1.29, 1.82) is 0 Å². The molecule has 0 bridgehead atoms. The highest BCUT2D eigenvalue weighted by atomic mass is 79.9. The number of aliphatic hydroxyl groups excluding tert-OH is 1. The summed E-state index contributed by atoms with van der Waals surface area (Å²) in [7, 11) is 0. The molecule has 94 valence electrons. The lowest BCUT2D eigenvalue weighted by Crippen LogP contribution is -2.22. The summed E-state index contributed by atoms with van der Waals surface area (Å²) in [5, 5.41) is 11.8. The van der Waals surface area contributed by atoms with Crippen molar-refractivity contribution >= 4 is 33.2 Å². The van der Waals surface area contributed by atoms with E-state index in [0.717, 1.165) is 8.66 Å². The molecule has 0 aromatic carbocycles. The minimum Gasteiger partial charge on any atom is -0.390 e. The number of hydrogen-bond acceptors (Lipinski definition) is 4. The largest absolute Gasteiger partial charge is 0.390 e. The molecule has 0 radical (unpaired) electrons. The van der Waals surface area contributed by atoms with Gasteiger partial charge in [-0.15, -0.1) is 11.3 Å². The fourth-order valence-electron chi connectivity index (χ4n) is 1.42. The Kier molecular flexibility index (Phi) is 4.46. The number of rotatable bonds is 4. The maximum Gasteiger partial charge on any atom is 0.251 e. The summed E-state index contributed by atoms with van der Waals surface area (Å²) in [6.45, 7) is 0.324. The third-order valence-corrected chi connectivity index (χ3v) is 3.92. The van der Waals surface area contributed by atoms with Gasteiger partial charge in [0.2, 0.25) is 0 Å². The number of nitrogens with one attached hydrogen (secondary N) is 1. The van der Waals surface area contributed by atoms with Crippen LogP contribution in [0.1, 0.15) is 20.9 Å². The average Bonchev–Trinajstić information content (AvgIpc) is 2.82. The van der Waals surface area contributed by atoms with Gasteiger partial charge in [-0.3, -0.25) is 9.78 Å². The lowest BCUT2D eigenvalue weighted by molar-refractivity contribution is 0.0951. The maximum absolute atomic E-state index is 11.9. The Morgan fingerprint density at radius 1 is 1.44 bits per heavy atom. The van der Waals surface area contributed by atoms with Gasteiger partial charge in [-0.25, -0.2) is 0 Å². The van der Waals surface area contributed by atoms with Gasteiger partial charge in [0.25, 0.3) is 5.91 Å². The number of hydrogen-bond donors (Lipinski definition) is 2. The van der Waals surface area contributed by atoms with Crippen LogP contribution in [0.4, 0.5) is 0 Å². The molecular weight excluding hydrogens is 316 g/mol. The predicted octanol–water partition coefficient (Wildman–Crippen LogP) is 2.33. The van der Waals surface area contributed by atoms with Crippen molar-refractivity contribution in [1.82, 2.24) is 10.3 Å². The van der Waals surface area contributed by atoms with Crippen molar-refractivity contribution in [2.24, 2.45) is 0 Å². The zero-order valence-electron chi connectivity index (χ0n) is 9.39. The van der Waals surface area contributed by atoms with E-state index in [1.807, 2.05) is 12.1 Å². The van der Waals surface area contributed by atoms with Crippen LogP contribution in [0.3, 0.4) is 0 Å². The van der Waals surface area contributed by atoms with Gasteiger partial charge in [0.05, 0.1) is 22.6 Å². The summed E-state index contributed by atoms with van der Waals surface area (Å²) in [6.07, 6.45) is 1.52. The molecule has 18 heavy (non-hydrogen) atoms. The van der Waals surface area contributed by atoms with Crippen molar-refractivity contribution < 1.29 is 9.90 Å². The third kappa shape index (κ3) is 3.38. The van der Waals surface area contributed by atoms with Crippen LogP contribution >= 0.6 is 27.3 Å². The molecule has 2 heterocycles. The molecular formula is C12H11BrN2O2S. The second-order valence-corrected chi connectivity index (χ2v) is 6.13. The molecule has 0 spiro atoms. The molecule has 0 aliphatic heterocycles. The fraction of sp³-hybridized carbons (Fsp3) is 0.167. The fourth-order valence-corrected chi connectivity index (χ4v) is 2.84. The molecule has 0 aliphatic rings. The SMILES string of the molecule is O=C(NCc1ccc(Br)s1)c1ccnc(CO)c1. The van der Waals surface area contributed by atoms with Crippen molar-refractivity contribution in [2.45, 2.75) is 13.2 Å². The molecule has 0 saturated carbocycles. The minimum atomic E-state index is -0.170. The van der Waals surface area contributed by atoms with E-state index < -0.39 is 0 Å². The molecule has 2 aromatic heterocycles. The Hall–Kier alpha value is -1.24. The third-order valence-electron chi connectivity index (χ3n) is 2.29. The Morgan fingerprint density at radius 2 is 2.28 bits per heavy atom. The lowest BCUT2D eigenvalue weighted by atomic mass is 10.2. The van der Waals surface area contributed by atoms with Gasteiger partial charge in [-0.1, -0.05) is 0 Å². The van der Waals surface area contributed by atoms with Gasteiger partial charge in [0.15, 0.2) is 0 Å². The van der Waals surface area contributed by atoms with Crippen LogP contribution in [0, 0.1) is 0 Å². The van der Waals surface area contributed by atoms with Crippen LogP contribution < -0.4 is 5.32 Å². The van der Waals surface area contributed by atoms with Crippen molar-refractivity contribution in [3.63, 3.8) is 0 Å². The van der Waals surface area contributed by atoms with Crippen molar-refractivity contribution in [3.05, 3.63) is 50.4 Å². The number of carbonyl (C=O) groups excluding carboxylic acids is 1. The topological polar surface area (TPSA) is 62.2 Å². The first-order valence-electron chi connectivity index (χ1n) is 5.27. The van der Waals surface area contributed by atoms with Gasteiger partial charge in [-0.2, -0.15) is 0 Å². The first-order chi connectivity index (χ1) is 8.69. The smallest absolute Gasteiger partial charge is 0.251 e. The zero-order chi connectivity index (χ0) is 13.0. The number of nitrogens with zero attached hydrogens (tertiary/aromatic N) is 1. The van der Waals surface area contributed by atoms with E-state index in [1.54, 1.807) is 23.5 Å². The van der Waals surface area contributed by atoms with Crippen LogP contribution in [0.2, 0.25) is 0 Å². The van der Waals surface area contributed by atoms with Crippen LogP contribution in [0.5, 0.6) is 0 Å². The Balaban J connectivity index is 1.99. The Morgan fingerprint density at radius 3 is 2.94 bits per heavy atom. The lowest BCUT2D eigenvalue weighted by Gasteiger charge is -2.04. The minimum absolute atomic E-state index is 0.168. The molecule has 4 nitrogen and oxygen atoms in total. The molecule has 2 aromatic rings. The van der Waals surface area contributed by atoms with Crippen molar-refractivity contribution in [2.75, 3.05) is 0 Å². The molecule has 0 saturated heterocycles. The zero-order valence-corrected chi connectivity index (χ0v) is 11.8. The van der Waals surface area contributed by atoms with Gasteiger partial charge in [0.1, 0.15) is 0 Å². The van der Waals surface area contributed by atoms with Gasteiger partial charge < -0.3 is 10.4 Å². The number of pyridine rings is 1. The van der Waals surface area contributed by atoms with Crippen molar-refractivity contribution in [3.8, 4) is 0 Å². The Bertz CT molecular complexity index is 557. The second kappa shape index (κ2) is 6.08. The van der Waals surface area contributed by atoms with Crippen LogP contribution in [-0.4, -0.2) is 16.0 Å². The highest BCUT2D eigenvalue weighted by molar-refractivity contribution is 9.11. The number of halogens is 1. The van der Waals surface area contributed by atoms with E-state index in [0.29, 0.717) is 17.8 Å². The summed E-state index contributed by atoms with van der Waals surface area (Å²) in [5.74, 6) is -0.170. The van der Waals surface area contributed by atoms with E-state index in [1.165, 1.54) is 6.20 Å². The van der Waals surface area contributed by atoms with Crippen LogP contribution in [0.25, 0.3) is 0 Å². The van der Waals surface area contributed by atoms with Gasteiger partial charge in [-0.05, 0) is 40.2 Å². The van der Waals surface area contributed by atoms with E-state index in [4.69, 9.17) is 5.11 Å². The first kappa shape index (κ1) is 13.2. The molecule has 6 heteroatoms. The van der Waals surface area contributed by atoms with E-state index in [-0.39, 0.29) is 12.5 Å². The molecule has 1 amide bonds. The van der Waals surface area contributed by atoms with E-state index in [9.17, 15) is 4.79 Å². The number of carbonyl (C=O) groups is 1. The van der Waals surface area contributed by atoms with Crippen LogP contribution in [0.15, 0.2) is 34.2 Å². The number of thiophene rings is 1. The summed E-state index contributed by atoms with van der Waals surface area (Å²) in [4.78, 5) is 16.9. The highest BCUT2D eigenvalue weighted by Gasteiger charge is 2.07. The normalized spacial score (nSPS) is 10.3. The standard InChI is InChI=1S/C12H11BrN2O2S/c13-11-2-1-10(18-11)6-15-12(17)8-3-4-14-9(5-8)7-16/h1-5,16H,6-7H2,(H,15,17). The molecule has 0 atom stereocenters. The van der Waals surface area contributed by atoms with E-state index >= 15 is 0 Å².